The highest BCUT2D eigenvalue weighted by Gasteiger charge is 2.47. The Morgan fingerprint density at radius 1 is 1.22 bits per heavy atom. The summed E-state index contributed by atoms with van der Waals surface area (Å²) >= 11 is 0. The van der Waals surface area contributed by atoms with Crippen molar-refractivity contribution in [3.63, 3.8) is 0 Å². The molecule has 18 heavy (non-hydrogen) atoms. The SMILES string of the molecule is CN(C)[C@H]1CCCC[C@]12Cc1ccccc1O2.Cl. The molecule has 1 aromatic rings. The molecule has 2 aliphatic rings. The van der Waals surface area contributed by atoms with Gasteiger partial charge in [-0.25, -0.2) is 0 Å². The first kappa shape index (κ1) is 13.7. The summed E-state index contributed by atoms with van der Waals surface area (Å²) in [4.78, 5) is 2.35. The van der Waals surface area contributed by atoms with Gasteiger partial charge in [0.15, 0.2) is 0 Å². The van der Waals surface area contributed by atoms with Gasteiger partial charge in [-0.05, 0) is 45.0 Å². The number of para-hydroxylation sites is 1. The molecule has 100 valence electrons. The molecule has 1 heterocycles. The maximum Gasteiger partial charge on any atom is 0.129 e. The molecule has 1 spiro atoms. The molecule has 1 fully saturated rings. The Morgan fingerprint density at radius 3 is 2.72 bits per heavy atom. The number of rotatable bonds is 1. The molecule has 2 nitrogen and oxygen atoms in total. The fourth-order valence-electron chi connectivity index (χ4n) is 3.57. The quantitative estimate of drug-likeness (QED) is 0.774. The van der Waals surface area contributed by atoms with Crippen LogP contribution < -0.4 is 4.74 Å². The van der Waals surface area contributed by atoms with Crippen molar-refractivity contribution in [1.82, 2.24) is 4.90 Å². The molecule has 0 N–H and O–H groups in total. The second kappa shape index (κ2) is 5.10. The number of likely N-dealkylation sites (N-methyl/N-ethyl adjacent to an activating group) is 1. The summed E-state index contributed by atoms with van der Waals surface area (Å²) in [6.45, 7) is 0. The molecule has 0 unspecified atom stereocenters. The molecule has 1 saturated carbocycles. The molecule has 1 aliphatic heterocycles. The van der Waals surface area contributed by atoms with Crippen LogP contribution in [0.15, 0.2) is 24.3 Å². The standard InChI is InChI=1S/C15H21NO.ClH/c1-16(2)14-9-5-6-10-15(14)11-12-7-3-4-8-13(12)17-15;/h3-4,7-8,14H,5-6,9-11H2,1-2H3;1H/t14-,15-;/m0./s1. The highest BCUT2D eigenvalue weighted by Crippen LogP contribution is 2.44. The van der Waals surface area contributed by atoms with E-state index in [0.29, 0.717) is 6.04 Å². The van der Waals surface area contributed by atoms with Crippen molar-refractivity contribution in [3.05, 3.63) is 29.8 Å². The van der Waals surface area contributed by atoms with E-state index in [1.54, 1.807) is 0 Å². The van der Waals surface area contributed by atoms with Gasteiger partial charge in [0.25, 0.3) is 0 Å². The Hall–Kier alpha value is -0.730. The van der Waals surface area contributed by atoms with E-state index >= 15 is 0 Å². The van der Waals surface area contributed by atoms with Gasteiger partial charge in [0.1, 0.15) is 11.4 Å². The highest BCUT2D eigenvalue weighted by atomic mass is 35.5. The lowest BCUT2D eigenvalue weighted by molar-refractivity contribution is -0.0222. The van der Waals surface area contributed by atoms with E-state index in [1.165, 1.54) is 31.2 Å². The molecule has 1 aromatic carbocycles. The summed E-state index contributed by atoms with van der Waals surface area (Å²) in [7, 11) is 4.37. The molecule has 0 aromatic heterocycles. The van der Waals surface area contributed by atoms with Crippen LogP contribution in [0.3, 0.4) is 0 Å². The van der Waals surface area contributed by atoms with Crippen molar-refractivity contribution in [1.29, 1.82) is 0 Å². The summed E-state index contributed by atoms with van der Waals surface area (Å²) in [6.07, 6.45) is 6.19. The van der Waals surface area contributed by atoms with E-state index in [1.807, 2.05) is 0 Å². The van der Waals surface area contributed by atoms with Gasteiger partial charge in [-0.15, -0.1) is 12.4 Å². The minimum atomic E-state index is 0. The molecule has 0 bridgehead atoms. The second-order valence-electron chi connectivity index (χ2n) is 5.68. The van der Waals surface area contributed by atoms with E-state index in [-0.39, 0.29) is 18.0 Å². The maximum absolute atomic E-state index is 6.37. The van der Waals surface area contributed by atoms with Gasteiger partial charge in [0, 0.05) is 12.5 Å². The maximum atomic E-state index is 6.37. The van der Waals surface area contributed by atoms with Crippen LogP contribution in [0.25, 0.3) is 0 Å². The topological polar surface area (TPSA) is 12.5 Å². The molecular weight excluding hydrogens is 246 g/mol. The summed E-state index contributed by atoms with van der Waals surface area (Å²) in [5.74, 6) is 1.11. The molecule has 0 saturated heterocycles. The van der Waals surface area contributed by atoms with Gasteiger partial charge in [-0.3, -0.25) is 0 Å². The van der Waals surface area contributed by atoms with Crippen molar-refractivity contribution in [2.24, 2.45) is 0 Å². The average molecular weight is 268 g/mol. The Balaban J connectivity index is 0.00000120. The zero-order valence-corrected chi connectivity index (χ0v) is 12.0. The van der Waals surface area contributed by atoms with Crippen LogP contribution in [0, 0.1) is 0 Å². The average Bonchev–Trinajstić information content (AvgIpc) is 2.67. The minimum absolute atomic E-state index is 0. The number of benzene rings is 1. The summed E-state index contributed by atoms with van der Waals surface area (Å²) in [5, 5.41) is 0. The molecule has 1 aliphatic carbocycles. The van der Waals surface area contributed by atoms with Crippen LogP contribution >= 0.6 is 12.4 Å². The summed E-state index contributed by atoms with van der Waals surface area (Å²) in [5.41, 5.74) is 1.44. The van der Waals surface area contributed by atoms with Crippen molar-refractivity contribution in [2.45, 2.75) is 43.7 Å². The lowest BCUT2D eigenvalue weighted by Gasteiger charge is -2.44. The summed E-state index contributed by atoms with van der Waals surface area (Å²) in [6, 6.07) is 9.08. The number of hydrogen-bond acceptors (Lipinski definition) is 2. The van der Waals surface area contributed by atoms with Gasteiger partial charge < -0.3 is 9.64 Å². The molecule has 0 amide bonds. The van der Waals surface area contributed by atoms with Crippen LogP contribution in [-0.4, -0.2) is 30.6 Å². The van der Waals surface area contributed by atoms with E-state index < -0.39 is 0 Å². The predicted octanol–water partition coefficient (Wildman–Crippen LogP) is 3.29. The van der Waals surface area contributed by atoms with Gasteiger partial charge in [0.2, 0.25) is 0 Å². The molecular formula is C15H22ClNO. The smallest absolute Gasteiger partial charge is 0.129 e. The van der Waals surface area contributed by atoms with Crippen molar-refractivity contribution in [3.8, 4) is 5.75 Å². The third-order valence-corrected chi connectivity index (χ3v) is 4.33. The van der Waals surface area contributed by atoms with Gasteiger partial charge >= 0.3 is 0 Å². The largest absolute Gasteiger partial charge is 0.485 e. The van der Waals surface area contributed by atoms with Gasteiger partial charge in [-0.2, -0.15) is 0 Å². The predicted molar refractivity (Wildman–Crippen MR) is 76.7 cm³/mol. The van der Waals surface area contributed by atoms with Gasteiger partial charge in [0.05, 0.1) is 0 Å². The van der Waals surface area contributed by atoms with Crippen molar-refractivity contribution >= 4 is 12.4 Å². The lowest BCUT2D eigenvalue weighted by atomic mass is 9.77. The fourth-order valence-corrected chi connectivity index (χ4v) is 3.57. The van der Waals surface area contributed by atoms with E-state index in [0.717, 1.165) is 12.2 Å². The van der Waals surface area contributed by atoms with Crippen LogP contribution in [-0.2, 0) is 6.42 Å². The third kappa shape index (κ3) is 2.12. The van der Waals surface area contributed by atoms with E-state index in [4.69, 9.17) is 4.74 Å². The van der Waals surface area contributed by atoms with Crippen molar-refractivity contribution in [2.75, 3.05) is 14.1 Å². The van der Waals surface area contributed by atoms with Crippen LogP contribution in [0.5, 0.6) is 5.75 Å². The molecule has 2 atom stereocenters. The van der Waals surface area contributed by atoms with Crippen LogP contribution in [0.2, 0.25) is 0 Å². The first-order valence-electron chi connectivity index (χ1n) is 6.65. The normalized spacial score (nSPS) is 29.8. The van der Waals surface area contributed by atoms with E-state index in [2.05, 4.69) is 43.3 Å². The number of halogens is 1. The first-order valence-corrected chi connectivity index (χ1v) is 6.65. The lowest BCUT2D eigenvalue weighted by Crippen LogP contribution is -2.55. The van der Waals surface area contributed by atoms with Gasteiger partial charge in [-0.1, -0.05) is 24.6 Å². The highest BCUT2D eigenvalue weighted by molar-refractivity contribution is 5.85. The number of ether oxygens (including phenoxy) is 1. The minimum Gasteiger partial charge on any atom is -0.485 e. The molecule has 3 heteroatoms. The Morgan fingerprint density at radius 2 is 2.00 bits per heavy atom. The zero-order valence-electron chi connectivity index (χ0n) is 11.2. The Kier molecular flexibility index (Phi) is 3.88. The molecule has 0 radical (unpaired) electrons. The van der Waals surface area contributed by atoms with Crippen LogP contribution in [0.4, 0.5) is 0 Å². The number of fused-ring (bicyclic) bond motifs is 1. The monoisotopic (exact) mass is 267 g/mol. The van der Waals surface area contributed by atoms with Crippen LogP contribution in [0.1, 0.15) is 31.2 Å². The second-order valence-corrected chi connectivity index (χ2v) is 5.68. The third-order valence-electron chi connectivity index (χ3n) is 4.33. The first-order chi connectivity index (χ1) is 8.21. The summed E-state index contributed by atoms with van der Waals surface area (Å²) < 4.78 is 6.37. The Labute approximate surface area is 116 Å². The Bertz CT molecular complexity index is 394. The fraction of sp³-hybridized carbons (Fsp3) is 0.600. The number of nitrogens with zero attached hydrogens (tertiary/aromatic N) is 1. The van der Waals surface area contributed by atoms with E-state index in [9.17, 15) is 0 Å². The zero-order chi connectivity index (χ0) is 11.9. The molecule has 3 rings (SSSR count). The van der Waals surface area contributed by atoms with Crippen molar-refractivity contribution < 1.29 is 4.74 Å². The number of hydrogen-bond donors (Lipinski definition) is 0.